The number of piperidine rings is 1. The highest BCUT2D eigenvalue weighted by Crippen LogP contribution is 2.33. The number of hydrogen-bond acceptors (Lipinski definition) is 3. The van der Waals surface area contributed by atoms with Crippen molar-refractivity contribution in [1.82, 2.24) is 20.0 Å². The van der Waals surface area contributed by atoms with Gasteiger partial charge in [-0.2, -0.15) is 5.10 Å². The zero-order valence-corrected chi connectivity index (χ0v) is 12.3. The fourth-order valence-corrected chi connectivity index (χ4v) is 4.11. The van der Waals surface area contributed by atoms with Crippen molar-refractivity contribution in [3.05, 3.63) is 18.0 Å². The van der Waals surface area contributed by atoms with Gasteiger partial charge in [0.2, 0.25) is 0 Å². The summed E-state index contributed by atoms with van der Waals surface area (Å²) in [4.78, 5) is 2.67. The van der Waals surface area contributed by atoms with E-state index in [1.807, 2.05) is 17.9 Å². The topological polar surface area (TPSA) is 33.1 Å². The second-order valence-corrected chi connectivity index (χ2v) is 6.15. The van der Waals surface area contributed by atoms with Crippen LogP contribution < -0.4 is 5.32 Å². The van der Waals surface area contributed by atoms with Gasteiger partial charge in [-0.25, -0.2) is 0 Å². The van der Waals surface area contributed by atoms with E-state index in [2.05, 4.69) is 35.2 Å². The quantitative estimate of drug-likeness (QED) is 0.902. The Morgan fingerprint density at radius 3 is 2.63 bits per heavy atom. The normalized spacial score (nSPS) is 31.9. The van der Waals surface area contributed by atoms with Crippen molar-refractivity contribution in [3.8, 4) is 0 Å². The van der Waals surface area contributed by atoms with Gasteiger partial charge in [0.25, 0.3) is 0 Å². The lowest BCUT2D eigenvalue weighted by Crippen LogP contribution is -2.49. The molecule has 3 heterocycles. The highest BCUT2D eigenvalue weighted by atomic mass is 15.3. The Bertz CT molecular complexity index is 416. The molecule has 2 saturated heterocycles. The zero-order chi connectivity index (χ0) is 13.4. The van der Waals surface area contributed by atoms with Crippen LogP contribution in [0, 0.1) is 0 Å². The van der Waals surface area contributed by atoms with Crippen LogP contribution in [0.15, 0.2) is 12.3 Å². The molecule has 0 aromatic carbocycles. The third-order valence-electron chi connectivity index (χ3n) is 5.07. The summed E-state index contributed by atoms with van der Waals surface area (Å²) in [5, 5.41) is 8.06. The van der Waals surface area contributed by atoms with E-state index in [9.17, 15) is 0 Å². The maximum Gasteiger partial charge on any atom is 0.0549 e. The Morgan fingerprint density at radius 2 is 2.11 bits per heavy atom. The van der Waals surface area contributed by atoms with Gasteiger partial charge < -0.3 is 5.32 Å². The summed E-state index contributed by atoms with van der Waals surface area (Å²) in [6, 6.07) is 4.87. The Labute approximate surface area is 116 Å². The Hall–Kier alpha value is -0.870. The molecule has 0 spiro atoms. The van der Waals surface area contributed by atoms with Crippen LogP contribution in [0.1, 0.15) is 51.3 Å². The monoisotopic (exact) mass is 262 g/mol. The van der Waals surface area contributed by atoms with Gasteiger partial charge in [0.1, 0.15) is 0 Å². The van der Waals surface area contributed by atoms with Crippen molar-refractivity contribution in [1.29, 1.82) is 0 Å². The number of aryl methyl sites for hydroxylation is 1. The molecule has 4 heteroatoms. The molecule has 2 bridgehead atoms. The Kier molecular flexibility index (Phi) is 3.63. The van der Waals surface area contributed by atoms with Gasteiger partial charge in [-0.3, -0.25) is 9.58 Å². The summed E-state index contributed by atoms with van der Waals surface area (Å²) in [5.74, 6) is 0. The predicted molar refractivity (Wildman–Crippen MR) is 77.0 cm³/mol. The molecule has 1 N–H and O–H groups in total. The van der Waals surface area contributed by atoms with Gasteiger partial charge in [-0.05, 0) is 45.2 Å². The van der Waals surface area contributed by atoms with Crippen molar-refractivity contribution >= 4 is 0 Å². The van der Waals surface area contributed by atoms with E-state index in [0.29, 0.717) is 6.04 Å². The molecular weight excluding hydrogens is 236 g/mol. The van der Waals surface area contributed by atoms with Gasteiger partial charge in [-0.15, -0.1) is 0 Å². The van der Waals surface area contributed by atoms with Crippen LogP contribution in [0.3, 0.4) is 0 Å². The van der Waals surface area contributed by atoms with Gasteiger partial charge >= 0.3 is 0 Å². The molecule has 106 valence electrons. The van der Waals surface area contributed by atoms with Gasteiger partial charge in [0.15, 0.2) is 0 Å². The summed E-state index contributed by atoms with van der Waals surface area (Å²) >= 11 is 0. The van der Waals surface area contributed by atoms with E-state index in [1.165, 1.54) is 31.4 Å². The summed E-state index contributed by atoms with van der Waals surface area (Å²) in [6.07, 6.45) is 7.28. The minimum atomic E-state index is 0.458. The van der Waals surface area contributed by atoms with Crippen LogP contribution in [-0.4, -0.2) is 39.4 Å². The first-order chi connectivity index (χ1) is 9.19. The number of aromatic nitrogens is 2. The molecule has 2 fully saturated rings. The first-order valence-corrected chi connectivity index (χ1v) is 7.68. The van der Waals surface area contributed by atoms with Crippen LogP contribution >= 0.6 is 0 Å². The molecule has 1 aromatic heterocycles. The minimum Gasteiger partial charge on any atom is -0.311 e. The molecule has 2 aliphatic heterocycles. The Balaban J connectivity index is 1.75. The molecule has 19 heavy (non-hydrogen) atoms. The molecule has 2 aliphatic rings. The molecule has 0 radical (unpaired) electrons. The van der Waals surface area contributed by atoms with Crippen LogP contribution in [0.25, 0.3) is 0 Å². The van der Waals surface area contributed by atoms with Crippen LogP contribution in [0.5, 0.6) is 0 Å². The van der Waals surface area contributed by atoms with E-state index in [4.69, 9.17) is 0 Å². The average molecular weight is 262 g/mol. The SMILES string of the molecule is CCN(C1CC2CCC(C1)N2)C(C)c1ccnn1C. The lowest BCUT2D eigenvalue weighted by atomic mass is 9.96. The summed E-state index contributed by atoms with van der Waals surface area (Å²) in [7, 11) is 2.05. The fourth-order valence-electron chi connectivity index (χ4n) is 4.11. The summed E-state index contributed by atoms with van der Waals surface area (Å²) < 4.78 is 2.02. The van der Waals surface area contributed by atoms with Gasteiger partial charge in [0, 0.05) is 37.4 Å². The molecule has 3 unspecified atom stereocenters. The lowest BCUT2D eigenvalue weighted by Gasteiger charge is -2.40. The number of hydrogen-bond donors (Lipinski definition) is 1. The van der Waals surface area contributed by atoms with Crippen molar-refractivity contribution < 1.29 is 0 Å². The maximum atomic E-state index is 4.32. The third kappa shape index (κ3) is 2.43. The highest BCUT2D eigenvalue weighted by Gasteiger charge is 2.37. The predicted octanol–water partition coefficient (Wildman–Crippen LogP) is 2.09. The Morgan fingerprint density at radius 1 is 1.42 bits per heavy atom. The summed E-state index contributed by atoms with van der Waals surface area (Å²) in [5.41, 5.74) is 1.33. The largest absolute Gasteiger partial charge is 0.311 e. The second kappa shape index (κ2) is 5.25. The van der Waals surface area contributed by atoms with Crippen LogP contribution in [0.2, 0.25) is 0 Å². The van der Waals surface area contributed by atoms with Crippen molar-refractivity contribution in [2.75, 3.05) is 6.54 Å². The lowest BCUT2D eigenvalue weighted by molar-refractivity contribution is 0.104. The zero-order valence-electron chi connectivity index (χ0n) is 12.3. The smallest absolute Gasteiger partial charge is 0.0549 e. The molecular formula is C15H26N4. The highest BCUT2D eigenvalue weighted by molar-refractivity contribution is 5.07. The van der Waals surface area contributed by atoms with Crippen molar-refractivity contribution in [2.45, 2.75) is 63.7 Å². The summed E-state index contributed by atoms with van der Waals surface area (Å²) in [6.45, 7) is 5.73. The molecule has 3 atom stereocenters. The van der Waals surface area contributed by atoms with E-state index >= 15 is 0 Å². The second-order valence-electron chi connectivity index (χ2n) is 6.15. The van der Waals surface area contributed by atoms with Crippen molar-refractivity contribution in [2.24, 2.45) is 7.05 Å². The molecule has 0 saturated carbocycles. The molecule has 1 aromatic rings. The standard InChI is InChI=1S/C15H26N4/c1-4-19(11(2)15-7-8-16-18(15)3)14-9-12-5-6-13(10-14)17-12/h7-8,11-14,17H,4-6,9-10H2,1-3H3. The molecule has 3 rings (SSSR count). The van der Waals surface area contributed by atoms with E-state index in [0.717, 1.165) is 24.7 Å². The first kappa shape index (κ1) is 13.1. The molecule has 0 aliphatic carbocycles. The average Bonchev–Trinajstić information content (AvgIpc) is 2.96. The number of nitrogens with zero attached hydrogens (tertiary/aromatic N) is 3. The molecule has 0 amide bonds. The first-order valence-electron chi connectivity index (χ1n) is 7.68. The number of nitrogens with one attached hydrogen (secondary N) is 1. The van der Waals surface area contributed by atoms with Crippen LogP contribution in [0.4, 0.5) is 0 Å². The van der Waals surface area contributed by atoms with E-state index in [1.54, 1.807) is 0 Å². The minimum absolute atomic E-state index is 0.458. The van der Waals surface area contributed by atoms with Gasteiger partial charge in [0.05, 0.1) is 5.69 Å². The van der Waals surface area contributed by atoms with Crippen molar-refractivity contribution in [3.63, 3.8) is 0 Å². The fraction of sp³-hybridized carbons (Fsp3) is 0.800. The van der Waals surface area contributed by atoms with E-state index in [-0.39, 0.29) is 0 Å². The number of rotatable bonds is 4. The van der Waals surface area contributed by atoms with Crippen LogP contribution in [-0.2, 0) is 7.05 Å². The van der Waals surface area contributed by atoms with Gasteiger partial charge in [-0.1, -0.05) is 6.92 Å². The van der Waals surface area contributed by atoms with E-state index < -0.39 is 0 Å². The molecule has 4 nitrogen and oxygen atoms in total. The third-order valence-corrected chi connectivity index (χ3v) is 5.07. The maximum absolute atomic E-state index is 4.32. The number of fused-ring (bicyclic) bond motifs is 2.